The summed E-state index contributed by atoms with van der Waals surface area (Å²) in [5.74, 6) is 0. The molecule has 0 atom stereocenters. The predicted molar refractivity (Wildman–Crippen MR) is 82.3 cm³/mol. The van der Waals surface area contributed by atoms with Crippen LogP contribution in [0.1, 0.15) is 0 Å². The highest BCUT2D eigenvalue weighted by atomic mass is 35.5. The first-order valence-electron chi connectivity index (χ1n) is 5.77. The van der Waals surface area contributed by atoms with E-state index in [1.54, 1.807) is 18.2 Å². The van der Waals surface area contributed by atoms with Gasteiger partial charge in [-0.2, -0.15) is 0 Å². The Kier molecular flexibility index (Phi) is 3.09. The van der Waals surface area contributed by atoms with Crippen LogP contribution in [0.15, 0.2) is 58.2 Å². The third-order valence-corrected chi connectivity index (χ3v) is 3.66. The van der Waals surface area contributed by atoms with Crippen LogP contribution >= 0.6 is 24.2 Å². The van der Waals surface area contributed by atoms with E-state index in [0.29, 0.717) is 21.0 Å². The maximum absolute atomic E-state index is 12.3. The third-order valence-electron chi connectivity index (χ3n) is 3.00. The summed E-state index contributed by atoms with van der Waals surface area (Å²) in [5, 5.41) is 1.26. The zero-order chi connectivity index (χ0) is 13.4. The van der Waals surface area contributed by atoms with Crippen molar-refractivity contribution in [3.63, 3.8) is 0 Å². The molecule has 0 spiro atoms. The smallest absolute Gasteiger partial charge is 0.203 e. The van der Waals surface area contributed by atoms with Crippen molar-refractivity contribution >= 4 is 35.1 Å². The van der Waals surface area contributed by atoms with Crippen molar-refractivity contribution in [1.29, 1.82) is 0 Å². The number of H-pyrrole nitrogens is 1. The first-order valence-corrected chi connectivity index (χ1v) is 6.59. The molecule has 0 fully saturated rings. The van der Waals surface area contributed by atoms with Gasteiger partial charge in [-0.15, -0.1) is 12.6 Å². The van der Waals surface area contributed by atoms with Gasteiger partial charge < -0.3 is 4.98 Å². The SMILES string of the molecule is O=c1c(S)c(-c2cccc(Cl)c2)[nH]c2ccccc12. The van der Waals surface area contributed by atoms with Gasteiger partial charge in [-0.3, -0.25) is 4.79 Å². The normalized spacial score (nSPS) is 10.8. The molecule has 0 saturated heterocycles. The van der Waals surface area contributed by atoms with Crippen molar-refractivity contribution in [1.82, 2.24) is 4.98 Å². The molecule has 3 aromatic rings. The van der Waals surface area contributed by atoms with Crippen LogP contribution < -0.4 is 5.43 Å². The van der Waals surface area contributed by atoms with E-state index in [0.717, 1.165) is 11.1 Å². The molecule has 0 radical (unpaired) electrons. The van der Waals surface area contributed by atoms with Crippen LogP contribution in [-0.2, 0) is 0 Å². The van der Waals surface area contributed by atoms with E-state index in [-0.39, 0.29) is 5.43 Å². The van der Waals surface area contributed by atoms with Gasteiger partial charge in [-0.05, 0) is 24.3 Å². The Morgan fingerprint density at radius 1 is 1.05 bits per heavy atom. The van der Waals surface area contributed by atoms with Gasteiger partial charge in [0.2, 0.25) is 5.43 Å². The topological polar surface area (TPSA) is 32.9 Å². The van der Waals surface area contributed by atoms with E-state index in [9.17, 15) is 4.79 Å². The van der Waals surface area contributed by atoms with Crippen molar-refractivity contribution in [2.75, 3.05) is 0 Å². The van der Waals surface area contributed by atoms with Crippen LogP contribution in [0.25, 0.3) is 22.2 Å². The first-order chi connectivity index (χ1) is 9.16. The molecule has 2 aromatic carbocycles. The maximum atomic E-state index is 12.3. The Hall–Kier alpha value is -1.71. The fraction of sp³-hybridized carbons (Fsp3) is 0. The molecule has 0 aliphatic heterocycles. The fourth-order valence-electron chi connectivity index (χ4n) is 2.08. The number of pyridine rings is 1. The second-order valence-corrected chi connectivity index (χ2v) is 5.12. The first kappa shape index (κ1) is 12.3. The fourth-order valence-corrected chi connectivity index (χ4v) is 2.57. The average molecular weight is 288 g/mol. The molecule has 19 heavy (non-hydrogen) atoms. The Balaban J connectivity index is 2.36. The van der Waals surface area contributed by atoms with Crippen LogP contribution in [-0.4, -0.2) is 4.98 Å². The lowest BCUT2D eigenvalue weighted by Gasteiger charge is -2.08. The number of hydrogen-bond donors (Lipinski definition) is 2. The van der Waals surface area contributed by atoms with E-state index in [1.165, 1.54) is 0 Å². The molecule has 0 bridgehead atoms. The van der Waals surface area contributed by atoms with Crippen molar-refractivity contribution in [2.24, 2.45) is 0 Å². The number of nitrogens with one attached hydrogen (secondary N) is 1. The summed E-state index contributed by atoms with van der Waals surface area (Å²) in [7, 11) is 0. The van der Waals surface area contributed by atoms with Crippen LogP contribution in [0.3, 0.4) is 0 Å². The third kappa shape index (κ3) is 2.15. The zero-order valence-electron chi connectivity index (χ0n) is 9.85. The second kappa shape index (κ2) is 4.76. The Labute approximate surface area is 120 Å². The highest BCUT2D eigenvalue weighted by Gasteiger charge is 2.10. The van der Waals surface area contributed by atoms with E-state index in [1.807, 2.05) is 30.3 Å². The molecule has 1 aromatic heterocycles. The molecule has 0 unspecified atom stereocenters. The van der Waals surface area contributed by atoms with E-state index < -0.39 is 0 Å². The second-order valence-electron chi connectivity index (χ2n) is 4.23. The van der Waals surface area contributed by atoms with Gasteiger partial charge in [0.1, 0.15) is 0 Å². The molecule has 0 saturated carbocycles. The quantitative estimate of drug-likeness (QED) is 0.648. The minimum absolute atomic E-state index is 0.0762. The highest BCUT2D eigenvalue weighted by molar-refractivity contribution is 7.80. The Morgan fingerprint density at radius 3 is 2.63 bits per heavy atom. The number of aromatic nitrogens is 1. The van der Waals surface area contributed by atoms with Gasteiger partial charge in [0.25, 0.3) is 0 Å². The lowest BCUT2D eigenvalue weighted by atomic mass is 10.1. The number of thiol groups is 1. The number of hydrogen-bond acceptors (Lipinski definition) is 2. The van der Waals surface area contributed by atoms with Gasteiger partial charge in [0.05, 0.1) is 10.6 Å². The number of para-hydroxylation sites is 1. The number of aromatic amines is 1. The maximum Gasteiger partial charge on any atom is 0.203 e. The molecule has 2 nitrogen and oxygen atoms in total. The van der Waals surface area contributed by atoms with Crippen LogP contribution in [0.4, 0.5) is 0 Å². The molecule has 0 amide bonds. The monoisotopic (exact) mass is 287 g/mol. The highest BCUT2D eigenvalue weighted by Crippen LogP contribution is 2.26. The molecule has 4 heteroatoms. The molecule has 1 heterocycles. The van der Waals surface area contributed by atoms with E-state index >= 15 is 0 Å². The van der Waals surface area contributed by atoms with Crippen molar-refractivity contribution in [3.05, 3.63) is 63.8 Å². The van der Waals surface area contributed by atoms with Gasteiger partial charge in [-0.1, -0.05) is 35.9 Å². The number of halogens is 1. The lowest BCUT2D eigenvalue weighted by Crippen LogP contribution is -2.06. The number of rotatable bonds is 1. The molecule has 3 rings (SSSR count). The van der Waals surface area contributed by atoms with Gasteiger partial charge in [-0.25, -0.2) is 0 Å². The van der Waals surface area contributed by atoms with Crippen LogP contribution in [0.2, 0.25) is 5.02 Å². The van der Waals surface area contributed by atoms with Crippen LogP contribution in [0.5, 0.6) is 0 Å². The molecule has 94 valence electrons. The standard InChI is InChI=1S/C15H10ClNOS/c16-10-5-3-4-9(8-10)13-15(19)14(18)11-6-1-2-7-12(11)17-13/h1-8,19H,(H,17,18). The molecule has 0 aliphatic rings. The van der Waals surface area contributed by atoms with Crippen molar-refractivity contribution in [3.8, 4) is 11.3 Å². The average Bonchev–Trinajstić information content (AvgIpc) is 2.43. The largest absolute Gasteiger partial charge is 0.353 e. The van der Waals surface area contributed by atoms with Crippen LogP contribution in [0, 0.1) is 0 Å². The van der Waals surface area contributed by atoms with E-state index in [2.05, 4.69) is 17.6 Å². The predicted octanol–water partition coefficient (Wildman–Crippen LogP) is 4.14. The summed E-state index contributed by atoms with van der Waals surface area (Å²) in [6, 6.07) is 14.7. The summed E-state index contributed by atoms with van der Waals surface area (Å²) < 4.78 is 0. The summed E-state index contributed by atoms with van der Waals surface area (Å²) >= 11 is 10.3. The molecule has 1 N–H and O–H groups in total. The molecular weight excluding hydrogens is 278 g/mol. The van der Waals surface area contributed by atoms with Gasteiger partial charge in [0.15, 0.2) is 0 Å². The summed E-state index contributed by atoms with van der Waals surface area (Å²) in [6.07, 6.45) is 0. The molecule has 0 aliphatic carbocycles. The Morgan fingerprint density at radius 2 is 1.84 bits per heavy atom. The summed E-state index contributed by atoms with van der Waals surface area (Å²) in [6.45, 7) is 0. The van der Waals surface area contributed by atoms with Gasteiger partial charge >= 0.3 is 0 Å². The summed E-state index contributed by atoms with van der Waals surface area (Å²) in [5.41, 5.74) is 2.25. The van der Waals surface area contributed by atoms with Crippen molar-refractivity contribution < 1.29 is 0 Å². The van der Waals surface area contributed by atoms with Crippen molar-refractivity contribution in [2.45, 2.75) is 4.90 Å². The zero-order valence-corrected chi connectivity index (χ0v) is 11.5. The summed E-state index contributed by atoms with van der Waals surface area (Å²) in [4.78, 5) is 15.9. The number of benzene rings is 2. The minimum atomic E-state index is -0.0762. The minimum Gasteiger partial charge on any atom is -0.353 e. The van der Waals surface area contributed by atoms with Gasteiger partial charge in [0, 0.05) is 21.5 Å². The number of fused-ring (bicyclic) bond motifs is 1. The Bertz CT molecular complexity index is 826. The molecular formula is C15H10ClNOS. The lowest BCUT2D eigenvalue weighted by molar-refractivity contribution is 1.27. The van der Waals surface area contributed by atoms with E-state index in [4.69, 9.17) is 11.6 Å².